The van der Waals surface area contributed by atoms with Gasteiger partial charge in [0.15, 0.2) is 5.12 Å². The number of carbonyl (C=O) groups excluding carboxylic acids is 1. The molecule has 1 unspecified atom stereocenters. The molecule has 0 amide bonds. The molecule has 0 spiro atoms. The molecule has 0 rings (SSSR count). The third-order valence-electron chi connectivity index (χ3n) is 11.8. The minimum absolute atomic E-state index is 0.316. The van der Waals surface area contributed by atoms with E-state index in [9.17, 15) is 4.79 Å². The summed E-state index contributed by atoms with van der Waals surface area (Å²) in [6.07, 6.45) is 48.8. The quantitative estimate of drug-likeness (QED) is 0.0486. The molecule has 57 heavy (non-hydrogen) atoms. The van der Waals surface area contributed by atoms with Crippen molar-refractivity contribution in [2.24, 2.45) is 0 Å². The van der Waals surface area contributed by atoms with Gasteiger partial charge in [0.1, 0.15) is 0 Å². The minimum atomic E-state index is -2.91. The molecule has 0 saturated heterocycles. The van der Waals surface area contributed by atoms with Crippen molar-refractivity contribution in [3.8, 4) is 0 Å². The molecular weight excluding hydrogens is 739 g/mol. The highest BCUT2D eigenvalue weighted by Crippen LogP contribution is 2.24. The van der Waals surface area contributed by atoms with Gasteiger partial charge in [0.25, 0.3) is 0 Å². The fourth-order valence-corrected chi connectivity index (χ4v) is 11.5. The molecule has 1 N–H and O–H groups in total. The highest BCUT2D eigenvalue weighted by molar-refractivity contribution is 8.13. The molecule has 0 aliphatic carbocycles. The van der Waals surface area contributed by atoms with E-state index in [-0.39, 0.29) is 0 Å². The first-order valence-electron chi connectivity index (χ1n) is 25.8. The molecule has 1 atom stereocenters. The van der Waals surface area contributed by atoms with Gasteiger partial charge < -0.3 is 18.6 Å². The molecule has 0 aliphatic heterocycles. The molecule has 0 aromatic heterocycles. The SMILES string of the molecule is CCCCCCCCCCCCCCCCC(CO[Si](CCCSC(=O)CCCCCCC)(OCCCCCCCCCC)OCCCCCCCCCC)NC. The van der Waals surface area contributed by atoms with Crippen LogP contribution in [-0.2, 0) is 18.1 Å². The Balaban J connectivity index is 5.10. The van der Waals surface area contributed by atoms with E-state index in [0.29, 0.717) is 24.2 Å². The summed E-state index contributed by atoms with van der Waals surface area (Å²) in [6, 6.07) is 1.13. The summed E-state index contributed by atoms with van der Waals surface area (Å²) in [6.45, 7) is 11.2. The van der Waals surface area contributed by atoms with Crippen molar-refractivity contribution >= 4 is 25.7 Å². The topological polar surface area (TPSA) is 56.8 Å². The van der Waals surface area contributed by atoms with Crippen LogP contribution in [0.15, 0.2) is 0 Å². The van der Waals surface area contributed by atoms with Crippen molar-refractivity contribution in [2.45, 2.75) is 284 Å². The molecule has 5 nitrogen and oxygen atoms in total. The number of thioether (sulfide) groups is 1. The van der Waals surface area contributed by atoms with Gasteiger partial charge in [0.05, 0.1) is 6.61 Å². The van der Waals surface area contributed by atoms with Crippen molar-refractivity contribution in [1.82, 2.24) is 5.32 Å². The number of hydrogen-bond acceptors (Lipinski definition) is 6. The van der Waals surface area contributed by atoms with E-state index in [4.69, 9.17) is 13.3 Å². The van der Waals surface area contributed by atoms with Crippen LogP contribution in [0.2, 0.25) is 6.04 Å². The summed E-state index contributed by atoms with van der Waals surface area (Å²) >= 11 is 1.53. The van der Waals surface area contributed by atoms with E-state index in [2.05, 4.69) is 40.1 Å². The van der Waals surface area contributed by atoms with E-state index in [0.717, 1.165) is 57.1 Å². The Morgan fingerprint density at radius 3 is 1.19 bits per heavy atom. The summed E-state index contributed by atoms with van der Waals surface area (Å²) in [4.78, 5) is 12.7. The Bertz CT molecular complexity index is 767. The highest BCUT2D eigenvalue weighted by Gasteiger charge is 2.41. The van der Waals surface area contributed by atoms with E-state index >= 15 is 0 Å². The molecule has 0 aliphatic rings. The summed E-state index contributed by atoms with van der Waals surface area (Å²) in [5.74, 6) is 0.836. The van der Waals surface area contributed by atoms with Crippen LogP contribution in [0.3, 0.4) is 0 Å². The van der Waals surface area contributed by atoms with Crippen LogP contribution in [0.25, 0.3) is 0 Å². The normalized spacial score (nSPS) is 12.5. The summed E-state index contributed by atoms with van der Waals surface area (Å²) in [7, 11) is -0.820. The lowest BCUT2D eigenvalue weighted by atomic mass is 10.0. The number of rotatable bonds is 49. The van der Waals surface area contributed by atoms with Crippen molar-refractivity contribution in [1.29, 1.82) is 0 Å². The standard InChI is InChI=1S/C50H103NO4SSi/c1-6-10-14-18-21-24-25-26-27-28-29-30-34-37-42-49(51-5)48-55-57(53-44-39-35-31-22-19-15-11-7-2,54-45-40-36-32-23-20-16-12-8-3)47-41-46-56-50(52)43-38-33-17-13-9-4/h49,51H,6-48H2,1-5H3. The first-order valence-corrected chi connectivity index (χ1v) is 28.7. The lowest BCUT2D eigenvalue weighted by Crippen LogP contribution is -2.49. The number of nitrogens with one attached hydrogen (secondary N) is 1. The Labute approximate surface area is 364 Å². The first-order chi connectivity index (χ1) is 28.1. The molecule has 7 heteroatoms. The zero-order valence-electron chi connectivity index (χ0n) is 39.5. The fourth-order valence-electron chi connectivity index (χ4n) is 7.81. The van der Waals surface area contributed by atoms with E-state index < -0.39 is 8.80 Å². The van der Waals surface area contributed by atoms with Gasteiger partial charge >= 0.3 is 8.80 Å². The predicted octanol–water partition coefficient (Wildman–Crippen LogP) is 16.7. The second kappa shape index (κ2) is 47.1. The fraction of sp³-hybridized carbons (Fsp3) is 0.980. The average molecular weight is 843 g/mol. The Morgan fingerprint density at radius 2 is 0.807 bits per heavy atom. The minimum Gasteiger partial charge on any atom is -0.373 e. The Hall–Kier alpha value is 0.0769. The third kappa shape index (κ3) is 41.2. The molecule has 0 aromatic rings. The van der Waals surface area contributed by atoms with E-state index in [1.165, 1.54) is 217 Å². The van der Waals surface area contributed by atoms with E-state index in [1.807, 2.05) is 0 Å². The molecule has 0 bridgehead atoms. The molecule has 0 radical (unpaired) electrons. The van der Waals surface area contributed by atoms with Crippen molar-refractivity contribution < 1.29 is 18.1 Å². The molecule has 0 heterocycles. The van der Waals surface area contributed by atoms with Crippen LogP contribution < -0.4 is 5.32 Å². The maximum absolute atomic E-state index is 12.7. The van der Waals surface area contributed by atoms with Crippen LogP contribution in [0, 0.1) is 0 Å². The lowest BCUT2D eigenvalue weighted by molar-refractivity contribution is -0.111. The Kier molecular flexibility index (Phi) is 47.2. The van der Waals surface area contributed by atoms with Crippen LogP contribution in [0.4, 0.5) is 0 Å². The lowest BCUT2D eigenvalue weighted by Gasteiger charge is -2.32. The van der Waals surface area contributed by atoms with Crippen LogP contribution in [-0.4, -0.2) is 52.6 Å². The monoisotopic (exact) mass is 842 g/mol. The molecule has 0 saturated carbocycles. The molecule has 342 valence electrons. The number of likely N-dealkylation sites (N-methyl/N-ethyl adjacent to an activating group) is 1. The van der Waals surface area contributed by atoms with Gasteiger partial charge in [0.2, 0.25) is 0 Å². The third-order valence-corrected chi connectivity index (χ3v) is 15.7. The van der Waals surface area contributed by atoms with Gasteiger partial charge in [0, 0.05) is 37.5 Å². The summed E-state index contributed by atoms with van der Waals surface area (Å²) in [5, 5.41) is 3.93. The van der Waals surface area contributed by atoms with Crippen molar-refractivity contribution in [2.75, 3.05) is 32.6 Å². The predicted molar refractivity (Wildman–Crippen MR) is 257 cm³/mol. The summed E-state index contributed by atoms with van der Waals surface area (Å²) < 4.78 is 20.6. The molecule has 0 fully saturated rings. The zero-order chi connectivity index (χ0) is 41.6. The second-order valence-electron chi connectivity index (χ2n) is 17.5. The van der Waals surface area contributed by atoms with Crippen LogP contribution in [0.5, 0.6) is 0 Å². The van der Waals surface area contributed by atoms with Gasteiger partial charge in [-0.25, -0.2) is 0 Å². The first kappa shape index (κ1) is 57.1. The van der Waals surface area contributed by atoms with E-state index in [1.54, 1.807) is 0 Å². The summed E-state index contributed by atoms with van der Waals surface area (Å²) in [5.41, 5.74) is 0. The molecule has 0 aromatic carbocycles. The Morgan fingerprint density at radius 1 is 0.456 bits per heavy atom. The van der Waals surface area contributed by atoms with Gasteiger partial charge in [-0.05, 0) is 39.2 Å². The largest absolute Gasteiger partial charge is 0.501 e. The second-order valence-corrected chi connectivity index (χ2v) is 21.4. The molecular formula is C50H103NO4SSi. The van der Waals surface area contributed by atoms with Crippen LogP contribution >= 0.6 is 11.8 Å². The number of carbonyl (C=O) groups is 1. The average Bonchev–Trinajstić information content (AvgIpc) is 3.22. The van der Waals surface area contributed by atoms with Gasteiger partial charge in [-0.15, -0.1) is 0 Å². The maximum Gasteiger partial charge on any atom is 0.501 e. The highest BCUT2D eigenvalue weighted by atomic mass is 32.2. The maximum atomic E-state index is 12.7. The number of hydrogen-bond donors (Lipinski definition) is 1. The zero-order valence-corrected chi connectivity index (χ0v) is 41.3. The van der Waals surface area contributed by atoms with Crippen LogP contribution in [0.1, 0.15) is 272 Å². The number of unbranched alkanes of at least 4 members (excludes halogenated alkanes) is 31. The van der Waals surface area contributed by atoms with Gasteiger partial charge in [-0.3, -0.25) is 4.79 Å². The van der Waals surface area contributed by atoms with Gasteiger partial charge in [-0.2, -0.15) is 0 Å². The van der Waals surface area contributed by atoms with Crippen molar-refractivity contribution in [3.63, 3.8) is 0 Å². The van der Waals surface area contributed by atoms with Crippen molar-refractivity contribution in [3.05, 3.63) is 0 Å². The van der Waals surface area contributed by atoms with Gasteiger partial charge in [-0.1, -0.05) is 245 Å². The smallest absolute Gasteiger partial charge is 0.373 e.